The topological polar surface area (TPSA) is 124 Å². The van der Waals surface area contributed by atoms with E-state index in [1.165, 1.54) is 17.1 Å². The molecule has 9 nitrogen and oxygen atoms in total. The molecular formula is C12H7N5O4. The van der Waals surface area contributed by atoms with E-state index in [9.17, 15) is 14.9 Å². The second-order valence-electron chi connectivity index (χ2n) is 4.09. The Morgan fingerprint density at radius 2 is 2.05 bits per heavy atom. The molecule has 0 radical (unpaired) electrons. The molecule has 21 heavy (non-hydrogen) atoms. The Morgan fingerprint density at radius 1 is 1.29 bits per heavy atom. The summed E-state index contributed by atoms with van der Waals surface area (Å²) >= 11 is 0. The van der Waals surface area contributed by atoms with Crippen LogP contribution in [-0.2, 0) is 0 Å². The highest BCUT2D eigenvalue weighted by atomic mass is 16.6. The van der Waals surface area contributed by atoms with E-state index < -0.39 is 10.9 Å². The van der Waals surface area contributed by atoms with E-state index in [0.717, 1.165) is 0 Å². The lowest BCUT2D eigenvalue weighted by Gasteiger charge is -2.05. The fourth-order valence-electron chi connectivity index (χ4n) is 1.87. The number of aromatic carboxylic acids is 1. The standard InChI is InChI=1S/C12H7N5O4/c18-12(19)10-14-8-4-2-1-3-7(8)11(15-10)16-5-9(13-6-16)17(20)21/h1-6H,(H,18,19). The van der Waals surface area contributed by atoms with Gasteiger partial charge in [-0.1, -0.05) is 12.1 Å². The molecule has 0 atom stereocenters. The third kappa shape index (κ3) is 2.16. The van der Waals surface area contributed by atoms with Gasteiger partial charge >= 0.3 is 11.8 Å². The number of rotatable bonds is 3. The highest BCUT2D eigenvalue weighted by Gasteiger charge is 2.17. The minimum absolute atomic E-state index is 0.221. The summed E-state index contributed by atoms with van der Waals surface area (Å²) < 4.78 is 1.30. The number of imidazole rings is 1. The number of fused-ring (bicyclic) bond motifs is 1. The molecule has 0 amide bonds. The van der Waals surface area contributed by atoms with Gasteiger partial charge in [0.05, 0.1) is 5.52 Å². The van der Waals surface area contributed by atoms with Crippen molar-refractivity contribution in [1.29, 1.82) is 0 Å². The molecule has 0 saturated carbocycles. The number of nitro groups is 1. The predicted octanol–water partition coefficient (Wildman–Crippen LogP) is 1.42. The van der Waals surface area contributed by atoms with Crippen molar-refractivity contribution < 1.29 is 14.8 Å². The highest BCUT2D eigenvalue weighted by molar-refractivity contribution is 5.91. The Morgan fingerprint density at radius 3 is 2.71 bits per heavy atom. The van der Waals surface area contributed by atoms with Crippen LogP contribution in [-0.4, -0.2) is 35.5 Å². The van der Waals surface area contributed by atoms with Crippen LogP contribution in [0.15, 0.2) is 36.8 Å². The average Bonchev–Trinajstić information content (AvgIpc) is 2.96. The molecule has 0 aliphatic heterocycles. The van der Waals surface area contributed by atoms with Crippen LogP contribution in [0.1, 0.15) is 10.6 Å². The second-order valence-corrected chi connectivity index (χ2v) is 4.09. The number of aromatic nitrogens is 4. The first kappa shape index (κ1) is 12.7. The van der Waals surface area contributed by atoms with Crippen molar-refractivity contribution >= 4 is 22.7 Å². The molecular weight excluding hydrogens is 278 g/mol. The van der Waals surface area contributed by atoms with E-state index in [0.29, 0.717) is 10.9 Å². The van der Waals surface area contributed by atoms with Crippen LogP contribution in [0.3, 0.4) is 0 Å². The lowest BCUT2D eigenvalue weighted by Crippen LogP contribution is -2.08. The van der Waals surface area contributed by atoms with Crippen LogP contribution in [0.5, 0.6) is 0 Å². The Bertz CT molecular complexity index is 873. The predicted molar refractivity (Wildman–Crippen MR) is 70.3 cm³/mol. The first-order valence-electron chi connectivity index (χ1n) is 5.75. The van der Waals surface area contributed by atoms with Gasteiger partial charge in [-0.2, -0.15) is 0 Å². The van der Waals surface area contributed by atoms with Crippen LogP contribution >= 0.6 is 0 Å². The molecule has 0 fully saturated rings. The summed E-state index contributed by atoms with van der Waals surface area (Å²) in [6.07, 6.45) is 2.37. The Balaban J connectivity index is 2.28. The zero-order chi connectivity index (χ0) is 15.0. The minimum Gasteiger partial charge on any atom is -0.475 e. The van der Waals surface area contributed by atoms with E-state index in [1.807, 2.05) is 0 Å². The number of nitrogens with zero attached hydrogens (tertiary/aromatic N) is 5. The lowest BCUT2D eigenvalue weighted by atomic mass is 10.2. The highest BCUT2D eigenvalue weighted by Crippen LogP contribution is 2.20. The van der Waals surface area contributed by atoms with Crippen LogP contribution in [0.4, 0.5) is 5.82 Å². The molecule has 3 rings (SSSR count). The summed E-state index contributed by atoms with van der Waals surface area (Å²) in [4.78, 5) is 32.6. The van der Waals surface area contributed by atoms with Gasteiger partial charge in [-0.3, -0.25) is 4.57 Å². The summed E-state index contributed by atoms with van der Waals surface area (Å²) in [6, 6.07) is 6.78. The molecule has 3 aromatic rings. The quantitative estimate of drug-likeness (QED) is 0.570. The molecule has 9 heteroatoms. The van der Waals surface area contributed by atoms with Crippen molar-refractivity contribution in [1.82, 2.24) is 19.5 Å². The number of benzene rings is 1. The first-order chi connectivity index (χ1) is 10.1. The smallest absolute Gasteiger partial charge is 0.381 e. The van der Waals surface area contributed by atoms with Gasteiger partial charge in [-0.15, -0.1) is 0 Å². The third-order valence-electron chi connectivity index (χ3n) is 2.77. The Kier molecular flexibility index (Phi) is 2.79. The lowest BCUT2D eigenvalue weighted by molar-refractivity contribution is -0.389. The number of carboxylic acid groups (broad SMARTS) is 1. The summed E-state index contributed by atoms with van der Waals surface area (Å²) in [7, 11) is 0. The van der Waals surface area contributed by atoms with Gasteiger partial charge in [0.25, 0.3) is 0 Å². The molecule has 0 spiro atoms. The Labute approximate surface area is 116 Å². The van der Waals surface area contributed by atoms with Gasteiger partial charge in [-0.25, -0.2) is 14.8 Å². The Hall–Kier alpha value is -3.36. The van der Waals surface area contributed by atoms with Gasteiger partial charge in [0, 0.05) is 5.39 Å². The average molecular weight is 285 g/mol. The van der Waals surface area contributed by atoms with E-state index >= 15 is 0 Å². The summed E-state index contributed by atoms with van der Waals surface area (Å²) in [5, 5.41) is 20.3. The van der Waals surface area contributed by atoms with Crippen molar-refractivity contribution in [3.63, 3.8) is 0 Å². The molecule has 2 heterocycles. The fraction of sp³-hybridized carbons (Fsp3) is 0. The molecule has 1 N–H and O–H groups in total. The largest absolute Gasteiger partial charge is 0.475 e. The van der Waals surface area contributed by atoms with Crippen LogP contribution in [0.2, 0.25) is 0 Å². The number of para-hydroxylation sites is 1. The van der Waals surface area contributed by atoms with Gasteiger partial charge in [0.1, 0.15) is 6.20 Å². The molecule has 2 aromatic heterocycles. The van der Waals surface area contributed by atoms with Crippen molar-refractivity contribution in [3.05, 3.63) is 52.7 Å². The maximum atomic E-state index is 11.1. The van der Waals surface area contributed by atoms with Crippen LogP contribution in [0, 0.1) is 10.1 Å². The number of carbonyl (C=O) groups is 1. The third-order valence-corrected chi connectivity index (χ3v) is 2.77. The zero-order valence-electron chi connectivity index (χ0n) is 10.4. The van der Waals surface area contributed by atoms with Gasteiger partial charge in [-0.05, 0) is 22.0 Å². The van der Waals surface area contributed by atoms with Gasteiger partial charge in [0.2, 0.25) is 12.2 Å². The molecule has 0 aliphatic rings. The summed E-state index contributed by atoms with van der Waals surface area (Å²) in [6.45, 7) is 0. The molecule has 0 saturated heterocycles. The maximum Gasteiger partial charge on any atom is 0.381 e. The van der Waals surface area contributed by atoms with Crippen molar-refractivity contribution in [2.45, 2.75) is 0 Å². The van der Waals surface area contributed by atoms with E-state index in [4.69, 9.17) is 5.11 Å². The number of carboxylic acids is 1. The van der Waals surface area contributed by atoms with Gasteiger partial charge < -0.3 is 15.2 Å². The van der Waals surface area contributed by atoms with E-state index in [1.54, 1.807) is 24.3 Å². The van der Waals surface area contributed by atoms with Gasteiger partial charge in [0.15, 0.2) is 5.82 Å². The second kappa shape index (κ2) is 4.63. The summed E-state index contributed by atoms with van der Waals surface area (Å²) in [5.74, 6) is -1.80. The number of hydrogen-bond acceptors (Lipinski definition) is 6. The molecule has 0 bridgehead atoms. The fourth-order valence-corrected chi connectivity index (χ4v) is 1.87. The molecule has 0 aliphatic carbocycles. The normalized spacial score (nSPS) is 10.7. The molecule has 1 aromatic carbocycles. The zero-order valence-corrected chi connectivity index (χ0v) is 10.4. The van der Waals surface area contributed by atoms with Crippen LogP contribution < -0.4 is 0 Å². The minimum atomic E-state index is -1.28. The van der Waals surface area contributed by atoms with E-state index in [-0.39, 0.29) is 17.5 Å². The maximum absolute atomic E-state index is 11.1. The number of hydrogen-bond donors (Lipinski definition) is 1. The molecule has 104 valence electrons. The summed E-state index contributed by atoms with van der Waals surface area (Å²) in [5.41, 5.74) is 0.427. The SMILES string of the molecule is O=C(O)c1nc(-n2cnc([N+](=O)[O-])c2)c2ccccc2n1. The monoisotopic (exact) mass is 285 g/mol. The van der Waals surface area contributed by atoms with Crippen molar-refractivity contribution in [2.75, 3.05) is 0 Å². The van der Waals surface area contributed by atoms with Crippen LogP contribution in [0.25, 0.3) is 16.7 Å². The first-order valence-corrected chi connectivity index (χ1v) is 5.75. The molecule has 0 unspecified atom stereocenters. The van der Waals surface area contributed by atoms with Crippen molar-refractivity contribution in [3.8, 4) is 5.82 Å². The van der Waals surface area contributed by atoms with E-state index in [2.05, 4.69) is 15.0 Å². The van der Waals surface area contributed by atoms with Crippen molar-refractivity contribution in [2.24, 2.45) is 0 Å².